The molecule has 4 aromatic rings. The summed E-state index contributed by atoms with van der Waals surface area (Å²) in [6.07, 6.45) is -3.91. The van der Waals surface area contributed by atoms with E-state index in [1.165, 1.54) is 17.8 Å². The normalized spacial score (nSPS) is 23.2. The van der Waals surface area contributed by atoms with Crippen LogP contribution in [0.3, 0.4) is 0 Å². The molecule has 0 saturated carbocycles. The molecule has 5 rings (SSSR count). The summed E-state index contributed by atoms with van der Waals surface area (Å²) in [4.78, 5) is 27.9. The number of carbonyl (C=O) groups excluding carboxylic acids is 1. The van der Waals surface area contributed by atoms with Gasteiger partial charge in [-0.05, 0) is 30.7 Å². The molecule has 0 radical (unpaired) electrons. The highest BCUT2D eigenvalue weighted by Crippen LogP contribution is 2.50. The molecule has 1 aliphatic heterocycles. The number of nitrogens with zero attached hydrogens (tertiary/aromatic N) is 5. The zero-order valence-electron chi connectivity index (χ0n) is 27.9. The summed E-state index contributed by atoms with van der Waals surface area (Å²) >= 11 is 6.36. The molecule has 6 atom stereocenters. The maximum absolute atomic E-state index is 16.0. The lowest BCUT2D eigenvalue weighted by molar-refractivity contribution is -0.148. The molecule has 1 saturated heterocycles. The highest BCUT2D eigenvalue weighted by Gasteiger charge is 2.57. The Kier molecular flexibility index (Phi) is 10.4. The van der Waals surface area contributed by atoms with Gasteiger partial charge >= 0.3 is 13.7 Å². The first-order valence-electron chi connectivity index (χ1n) is 15.4. The molecule has 1 aliphatic rings. The molecule has 2 N–H and O–H groups in total. The van der Waals surface area contributed by atoms with Crippen LogP contribution >= 0.6 is 19.3 Å². The van der Waals surface area contributed by atoms with Crippen molar-refractivity contribution >= 4 is 53.1 Å². The third-order valence-corrected chi connectivity index (χ3v) is 9.77. The molecular formula is C32H41ClFN6O7P. The van der Waals surface area contributed by atoms with Gasteiger partial charge in [-0.25, -0.2) is 23.9 Å². The summed E-state index contributed by atoms with van der Waals surface area (Å²) < 4.78 is 55.3. The fourth-order valence-electron chi connectivity index (χ4n) is 5.20. The molecule has 1 unspecified atom stereocenters. The van der Waals surface area contributed by atoms with Gasteiger partial charge in [0.2, 0.25) is 0 Å². The number of imidazole rings is 1. The molecule has 260 valence electrons. The van der Waals surface area contributed by atoms with Crippen LogP contribution in [0.2, 0.25) is 0 Å². The molecule has 0 bridgehead atoms. The van der Waals surface area contributed by atoms with Crippen molar-refractivity contribution in [2.75, 3.05) is 38.1 Å². The monoisotopic (exact) mass is 706 g/mol. The number of aryl methyl sites for hydroxylation is 1. The minimum atomic E-state index is -4.49. The van der Waals surface area contributed by atoms with Crippen LogP contribution in [-0.2, 0) is 23.4 Å². The van der Waals surface area contributed by atoms with Gasteiger partial charge in [0.15, 0.2) is 29.4 Å². The molecule has 2 aromatic carbocycles. The van der Waals surface area contributed by atoms with Gasteiger partial charge in [0.1, 0.15) is 29.3 Å². The van der Waals surface area contributed by atoms with Crippen molar-refractivity contribution < 1.29 is 37.4 Å². The van der Waals surface area contributed by atoms with Crippen molar-refractivity contribution in [3.63, 3.8) is 0 Å². The van der Waals surface area contributed by atoms with Crippen LogP contribution < -0.4 is 14.5 Å². The summed E-state index contributed by atoms with van der Waals surface area (Å²) in [6, 6.07) is 11.3. The van der Waals surface area contributed by atoms with E-state index in [4.69, 9.17) is 30.1 Å². The van der Waals surface area contributed by atoms with Crippen LogP contribution in [0.5, 0.6) is 5.75 Å². The fraction of sp³-hybridized carbons (Fsp3) is 0.500. The number of nitrogens with one attached hydrogen (secondary N) is 1. The summed E-state index contributed by atoms with van der Waals surface area (Å²) in [5.41, 5.74) is -1.52. The number of ether oxygens (including phenoxy) is 2. The number of benzene rings is 2. The van der Waals surface area contributed by atoms with Gasteiger partial charge in [-0.2, -0.15) is 5.09 Å². The van der Waals surface area contributed by atoms with Crippen molar-refractivity contribution in [2.45, 2.75) is 64.8 Å². The number of aromatic nitrogens is 4. The number of carbonyl (C=O) groups is 1. The van der Waals surface area contributed by atoms with E-state index in [-0.39, 0.29) is 23.4 Å². The molecule has 48 heavy (non-hydrogen) atoms. The van der Waals surface area contributed by atoms with Crippen LogP contribution in [0.15, 0.2) is 48.8 Å². The quantitative estimate of drug-likeness (QED) is 0.111. The van der Waals surface area contributed by atoms with Crippen LogP contribution in [0.1, 0.15) is 39.7 Å². The van der Waals surface area contributed by atoms with E-state index in [0.29, 0.717) is 22.5 Å². The number of esters is 1. The minimum Gasteiger partial charge on any atom is -0.464 e. The Morgan fingerprint density at radius 1 is 1.23 bits per heavy atom. The largest absolute Gasteiger partial charge is 0.464 e. The van der Waals surface area contributed by atoms with Crippen LogP contribution in [-0.4, -0.2) is 87.7 Å². The topological polar surface area (TPSA) is 150 Å². The Morgan fingerprint density at radius 3 is 2.62 bits per heavy atom. The fourth-order valence-corrected chi connectivity index (χ4v) is 7.06. The van der Waals surface area contributed by atoms with Crippen LogP contribution in [0.4, 0.5) is 10.2 Å². The van der Waals surface area contributed by atoms with E-state index in [0.717, 1.165) is 5.39 Å². The summed E-state index contributed by atoms with van der Waals surface area (Å²) in [5, 5.41) is 15.3. The van der Waals surface area contributed by atoms with Gasteiger partial charge in [0.05, 0.1) is 25.4 Å². The van der Waals surface area contributed by atoms with Gasteiger partial charge in [-0.1, -0.05) is 57.2 Å². The first-order valence-corrected chi connectivity index (χ1v) is 17.4. The Balaban J connectivity index is 1.44. The van der Waals surface area contributed by atoms with E-state index >= 15 is 4.39 Å². The molecule has 0 amide bonds. The van der Waals surface area contributed by atoms with Crippen molar-refractivity contribution in [1.29, 1.82) is 0 Å². The Hall–Kier alpha value is -3.39. The number of hydrogen-bond acceptors (Lipinski definition) is 11. The lowest BCUT2D eigenvalue weighted by Gasteiger charge is -2.32. The highest BCUT2D eigenvalue weighted by molar-refractivity contribution is 7.52. The Bertz CT molecular complexity index is 1830. The van der Waals surface area contributed by atoms with E-state index < -0.39 is 56.3 Å². The molecular weight excluding hydrogens is 666 g/mol. The smallest absolute Gasteiger partial charge is 0.459 e. The third kappa shape index (κ3) is 7.44. The standard InChI is InChI=1S/C32H41ClFN6O7P/c1-19(30(42)44-16-31(3,4)5)38-48(43,47-23-14-10-12-21-11-8-9-13-22(21)23)45-17-32(15-33)26(41)24(34)29(46-32)40-18-35-25-27(39(6)7)36-20(2)37-28(25)40/h8-14,18-19,24,26,29,41H,15-17H2,1-7H3,(H,38,43)/t19-,24-,26-,29+,32+,48?/m0/s1. The average Bonchev–Trinajstić information content (AvgIpc) is 3.56. The SMILES string of the molecule is Cc1nc(N(C)C)c2ncn([C@@H]3O[C@](CCl)(COP(=O)(N[C@@H](C)C(=O)OCC(C)(C)C)Oc4cccc5ccccc45)[C@@H](O)[C@@H]3F)c2n1. The molecule has 13 nitrogen and oxygen atoms in total. The van der Waals surface area contributed by atoms with Crippen molar-refractivity contribution in [3.8, 4) is 5.75 Å². The zero-order valence-corrected chi connectivity index (χ0v) is 29.5. The lowest BCUT2D eigenvalue weighted by atomic mass is 9.99. The second kappa shape index (κ2) is 13.9. The number of aliphatic hydroxyl groups is 1. The molecule has 1 fully saturated rings. The first-order chi connectivity index (χ1) is 22.6. The Labute approximate surface area is 283 Å². The number of rotatable bonds is 12. The van der Waals surface area contributed by atoms with Crippen molar-refractivity contribution in [2.24, 2.45) is 5.41 Å². The zero-order chi connectivity index (χ0) is 35.0. The average molecular weight is 707 g/mol. The van der Waals surface area contributed by atoms with Crippen molar-refractivity contribution in [3.05, 3.63) is 54.6 Å². The van der Waals surface area contributed by atoms with E-state index in [1.807, 2.05) is 39.0 Å². The number of aliphatic hydroxyl groups excluding tert-OH is 1. The van der Waals surface area contributed by atoms with Gasteiger partial charge in [-0.3, -0.25) is 13.9 Å². The first kappa shape index (κ1) is 35.9. The predicted molar refractivity (Wildman–Crippen MR) is 180 cm³/mol. The van der Waals surface area contributed by atoms with Crippen LogP contribution in [0, 0.1) is 12.3 Å². The molecule has 0 spiro atoms. The number of alkyl halides is 2. The summed E-state index contributed by atoms with van der Waals surface area (Å²) in [5.74, 6) is -0.00681. The van der Waals surface area contributed by atoms with E-state index in [1.54, 1.807) is 50.2 Å². The third-order valence-electron chi connectivity index (χ3n) is 7.71. The molecule has 0 aliphatic carbocycles. The second-order valence-electron chi connectivity index (χ2n) is 13.3. The van der Waals surface area contributed by atoms with E-state index in [9.17, 15) is 14.5 Å². The second-order valence-corrected chi connectivity index (χ2v) is 15.2. The molecule has 16 heteroatoms. The van der Waals surface area contributed by atoms with Crippen LogP contribution in [0.25, 0.3) is 21.9 Å². The number of hydrogen-bond donors (Lipinski definition) is 2. The maximum Gasteiger partial charge on any atom is 0.459 e. The van der Waals surface area contributed by atoms with Crippen molar-refractivity contribution in [1.82, 2.24) is 24.6 Å². The number of fused-ring (bicyclic) bond motifs is 2. The minimum absolute atomic E-state index is 0.116. The van der Waals surface area contributed by atoms with Gasteiger partial charge in [-0.15, -0.1) is 11.6 Å². The number of anilines is 1. The van der Waals surface area contributed by atoms with E-state index in [2.05, 4.69) is 20.0 Å². The predicted octanol–water partition coefficient (Wildman–Crippen LogP) is 5.33. The van der Waals surface area contributed by atoms with Gasteiger partial charge in [0.25, 0.3) is 0 Å². The number of halogens is 2. The molecule has 2 aromatic heterocycles. The summed E-state index contributed by atoms with van der Waals surface area (Å²) in [7, 11) is -0.899. The Morgan fingerprint density at radius 2 is 1.94 bits per heavy atom. The maximum atomic E-state index is 16.0. The van der Waals surface area contributed by atoms with Gasteiger partial charge in [0, 0.05) is 19.5 Å². The highest BCUT2D eigenvalue weighted by atomic mass is 35.5. The summed E-state index contributed by atoms with van der Waals surface area (Å²) in [6.45, 7) is 8.29. The lowest BCUT2D eigenvalue weighted by Crippen LogP contribution is -2.48. The molecule has 3 heterocycles. The van der Waals surface area contributed by atoms with Gasteiger partial charge < -0.3 is 24.0 Å².